The van der Waals surface area contributed by atoms with Crippen molar-refractivity contribution in [3.63, 3.8) is 0 Å². The fourth-order valence-corrected chi connectivity index (χ4v) is 4.61. The van der Waals surface area contributed by atoms with Crippen LogP contribution >= 0.6 is 0 Å². The summed E-state index contributed by atoms with van der Waals surface area (Å²) in [5.41, 5.74) is 0.458. The summed E-state index contributed by atoms with van der Waals surface area (Å²) in [6.45, 7) is 17.1. The molecule has 9 nitrogen and oxygen atoms in total. The number of carboxylic acid groups (broad SMARTS) is 1. The maximum atomic E-state index is 11.8. The number of para-hydroxylation sites is 1. The Morgan fingerprint density at radius 2 is 1.86 bits per heavy atom. The fraction of sp³-hybridized carbons (Fsp3) is 0.600. The Kier molecular flexibility index (Phi) is 8.88. The van der Waals surface area contributed by atoms with E-state index in [9.17, 15) is 20.0 Å². The van der Waals surface area contributed by atoms with Crippen LogP contribution in [0.3, 0.4) is 0 Å². The standard InChI is InChI=1S/C25H40N4O5Si/c1-24(2,3)28(23(30)31)15-11-12-18(17-34-35(7,8)25(4,5)6)27-22-19-13-9-10-14-20(19)26-16-21(22)29(32)33/h9-10,13-14,16,18H,11-12,15,17H2,1-8H3,(H,26,27)(H,30,31)/t18-/m0/s1. The molecule has 0 aliphatic heterocycles. The lowest BCUT2D eigenvalue weighted by atomic mass is 10.0. The molecule has 0 radical (unpaired) electrons. The highest BCUT2D eigenvalue weighted by Gasteiger charge is 2.38. The summed E-state index contributed by atoms with van der Waals surface area (Å²) < 4.78 is 6.47. The van der Waals surface area contributed by atoms with Crippen LogP contribution in [0.25, 0.3) is 10.9 Å². The topological polar surface area (TPSA) is 118 Å². The first-order chi connectivity index (χ1) is 16.0. The van der Waals surface area contributed by atoms with Gasteiger partial charge in [-0.15, -0.1) is 0 Å². The third kappa shape index (κ3) is 7.38. The van der Waals surface area contributed by atoms with Crippen LogP contribution in [0.15, 0.2) is 30.5 Å². The van der Waals surface area contributed by atoms with Crippen LogP contribution in [0.5, 0.6) is 0 Å². The minimum atomic E-state index is -2.07. The maximum absolute atomic E-state index is 11.8. The van der Waals surface area contributed by atoms with Crippen molar-refractivity contribution in [2.24, 2.45) is 0 Å². The van der Waals surface area contributed by atoms with E-state index in [0.29, 0.717) is 42.6 Å². The number of anilines is 1. The Labute approximate surface area is 209 Å². The molecule has 2 N–H and O–H groups in total. The van der Waals surface area contributed by atoms with E-state index in [0.717, 1.165) is 0 Å². The number of benzene rings is 1. The van der Waals surface area contributed by atoms with Crippen molar-refractivity contribution in [3.8, 4) is 0 Å². The van der Waals surface area contributed by atoms with Crippen LogP contribution in [0, 0.1) is 10.1 Å². The zero-order valence-corrected chi connectivity index (χ0v) is 23.2. The first-order valence-corrected chi connectivity index (χ1v) is 14.9. The normalized spacial score (nSPS) is 13.5. The van der Waals surface area contributed by atoms with Crippen LogP contribution < -0.4 is 5.32 Å². The number of rotatable bonds is 10. The lowest BCUT2D eigenvalue weighted by Crippen LogP contribution is -2.46. The number of aromatic nitrogens is 1. The highest BCUT2D eigenvalue weighted by Crippen LogP contribution is 2.37. The molecule has 0 bridgehead atoms. The molecule has 0 unspecified atom stereocenters. The molecule has 2 aromatic rings. The predicted molar refractivity (Wildman–Crippen MR) is 143 cm³/mol. The molecule has 0 fully saturated rings. The molecular formula is C25H40N4O5Si. The van der Waals surface area contributed by atoms with E-state index < -0.39 is 24.9 Å². The van der Waals surface area contributed by atoms with Gasteiger partial charge in [-0.1, -0.05) is 39.0 Å². The lowest BCUT2D eigenvalue weighted by molar-refractivity contribution is -0.384. The highest BCUT2D eigenvalue weighted by molar-refractivity contribution is 6.74. The van der Waals surface area contributed by atoms with E-state index in [1.54, 1.807) is 0 Å². The van der Waals surface area contributed by atoms with Gasteiger partial charge in [-0.3, -0.25) is 10.1 Å². The van der Waals surface area contributed by atoms with Gasteiger partial charge in [-0.2, -0.15) is 0 Å². The Balaban J connectivity index is 2.35. The van der Waals surface area contributed by atoms with E-state index in [1.807, 2.05) is 45.0 Å². The van der Waals surface area contributed by atoms with Crippen LogP contribution in [-0.4, -0.2) is 59.1 Å². The molecule has 1 atom stereocenters. The molecule has 0 saturated carbocycles. The second-order valence-electron chi connectivity index (χ2n) is 11.5. The first-order valence-electron chi connectivity index (χ1n) is 12.0. The molecule has 35 heavy (non-hydrogen) atoms. The molecule has 1 amide bonds. The second-order valence-corrected chi connectivity index (χ2v) is 16.3. The van der Waals surface area contributed by atoms with Gasteiger partial charge in [-0.25, -0.2) is 9.78 Å². The molecule has 1 aromatic heterocycles. The van der Waals surface area contributed by atoms with Gasteiger partial charge in [0.2, 0.25) is 0 Å². The molecule has 194 valence electrons. The summed E-state index contributed by atoms with van der Waals surface area (Å²) >= 11 is 0. The van der Waals surface area contributed by atoms with Crippen LogP contribution in [0.2, 0.25) is 18.1 Å². The number of nitrogens with one attached hydrogen (secondary N) is 1. The van der Waals surface area contributed by atoms with Crippen molar-refractivity contribution in [1.82, 2.24) is 9.88 Å². The van der Waals surface area contributed by atoms with Gasteiger partial charge < -0.3 is 19.7 Å². The molecule has 2 rings (SSSR count). The molecular weight excluding hydrogens is 464 g/mol. The van der Waals surface area contributed by atoms with Crippen LogP contribution in [0.4, 0.5) is 16.2 Å². The van der Waals surface area contributed by atoms with E-state index in [2.05, 4.69) is 44.2 Å². The van der Waals surface area contributed by atoms with E-state index >= 15 is 0 Å². The number of amides is 1. The SMILES string of the molecule is CC(C)(C)N(CCC[C@@H](CO[Si](C)(C)C(C)(C)C)Nc1c([N+](=O)[O-])cnc2ccccc12)C(=O)O. The number of carbonyl (C=O) groups is 1. The van der Waals surface area contributed by atoms with Gasteiger partial charge in [-0.05, 0) is 57.8 Å². The number of nitro groups is 1. The van der Waals surface area contributed by atoms with Crippen molar-refractivity contribution in [1.29, 1.82) is 0 Å². The highest BCUT2D eigenvalue weighted by atomic mass is 28.4. The smallest absolute Gasteiger partial charge is 0.407 e. The molecule has 1 aromatic carbocycles. The number of nitrogens with zero attached hydrogens (tertiary/aromatic N) is 3. The zero-order valence-electron chi connectivity index (χ0n) is 22.2. The number of hydrogen-bond acceptors (Lipinski definition) is 6. The first kappa shape index (κ1) is 28.5. The monoisotopic (exact) mass is 504 g/mol. The Morgan fingerprint density at radius 3 is 2.40 bits per heavy atom. The molecule has 0 aliphatic rings. The average Bonchev–Trinajstić information content (AvgIpc) is 2.72. The molecule has 1 heterocycles. The van der Waals surface area contributed by atoms with E-state index in [-0.39, 0.29) is 16.8 Å². The average molecular weight is 505 g/mol. The summed E-state index contributed by atoms with van der Waals surface area (Å²) in [4.78, 5) is 28.8. The summed E-state index contributed by atoms with van der Waals surface area (Å²) in [7, 11) is -2.07. The minimum Gasteiger partial charge on any atom is -0.465 e. The summed E-state index contributed by atoms with van der Waals surface area (Å²) in [5, 5.41) is 25.5. The molecule has 0 spiro atoms. The van der Waals surface area contributed by atoms with Gasteiger partial charge in [0, 0.05) is 23.5 Å². The summed E-state index contributed by atoms with van der Waals surface area (Å²) in [6, 6.07) is 7.06. The molecule has 10 heteroatoms. The van der Waals surface area contributed by atoms with Crippen LogP contribution in [-0.2, 0) is 4.43 Å². The maximum Gasteiger partial charge on any atom is 0.407 e. The van der Waals surface area contributed by atoms with E-state index in [4.69, 9.17) is 4.43 Å². The summed E-state index contributed by atoms with van der Waals surface area (Å²) in [5.74, 6) is 0. The van der Waals surface area contributed by atoms with Gasteiger partial charge in [0.15, 0.2) is 8.32 Å². The third-order valence-electron chi connectivity index (χ3n) is 6.73. The van der Waals surface area contributed by atoms with Crippen molar-refractivity contribution in [2.75, 3.05) is 18.5 Å². The predicted octanol–water partition coefficient (Wildman–Crippen LogP) is 6.50. The zero-order chi connectivity index (χ0) is 26.6. The fourth-order valence-electron chi connectivity index (χ4n) is 3.56. The van der Waals surface area contributed by atoms with Gasteiger partial charge in [0.25, 0.3) is 0 Å². The molecule has 0 aliphatic carbocycles. The second kappa shape index (κ2) is 10.9. The quantitative estimate of drug-likeness (QED) is 0.215. The Morgan fingerprint density at radius 1 is 1.23 bits per heavy atom. The van der Waals surface area contributed by atoms with Gasteiger partial charge in [0.1, 0.15) is 11.9 Å². The van der Waals surface area contributed by atoms with Crippen molar-refractivity contribution < 1.29 is 19.3 Å². The van der Waals surface area contributed by atoms with Crippen LogP contribution in [0.1, 0.15) is 54.4 Å². The van der Waals surface area contributed by atoms with Crippen molar-refractivity contribution in [2.45, 2.75) is 84.1 Å². The van der Waals surface area contributed by atoms with Gasteiger partial charge >= 0.3 is 11.8 Å². The lowest BCUT2D eigenvalue weighted by Gasteiger charge is -2.38. The molecule has 0 saturated heterocycles. The Bertz CT molecular complexity index is 1050. The number of fused-ring (bicyclic) bond motifs is 1. The number of pyridine rings is 1. The van der Waals surface area contributed by atoms with E-state index in [1.165, 1.54) is 11.1 Å². The number of hydrogen-bond donors (Lipinski definition) is 2. The van der Waals surface area contributed by atoms with Crippen molar-refractivity contribution in [3.05, 3.63) is 40.6 Å². The minimum absolute atomic E-state index is 0.0131. The summed E-state index contributed by atoms with van der Waals surface area (Å²) in [6.07, 6.45) is 1.49. The van der Waals surface area contributed by atoms with Crippen molar-refractivity contribution >= 4 is 36.7 Å². The van der Waals surface area contributed by atoms with Gasteiger partial charge in [0.05, 0.1) is 17.0 Å². The Hall–Kier alpha value is -2.72. The third-order valence-corrected chi connectivity index (χ3v) is 11.2. The largest absolute Gasteiger partial charge is 0.465 e.